The summed E-state index contributed by atoms with van der Waals surface area (Å²) in [5.74, 6) is 0.0478. The number of carbonyl (C=O) groups is 2. The fourth-order valence-electron chi connectivity index (χ4n) is 4.05. The number of hydrogen-bond donors (Lipinski definition) is 1. The molecule has 1 aliphatic heterocycles. The van der Waals surface area contributed by atoms with Gasteiger partial charge in [0.2, 0.25) is 5.91 Å². The van der Waals surface area contributed by atoms with Gasteiger partial charge in [-0.2, -0.15) is 0 Å². The van der Waals surface area contributed by atoms with Crippen molar-refractivity contribution in [3.05, 3.63) is 94.8 Å². The van der Waals surface area contributed by atoms with Gasteiger partial charge in [0.15, 0.2) is 0 Å². The van der Waals surface area contributed by atoms with Crippen LogP contribution in [-0.4, -0.2) is 41.9 Å². The molecule has 7 heteroatoms. The number of likely N-dealkylation sites (tertiary alicyclic amines) is 1. The zero-order valence-corrected chi connectivity index (χ0v) is 18.5. The Balaban J connectivity index is 1.55. The van der Waals surface area contributed by atoms with Gasteiger partial charge in [0.25, 0.3) is 5.91 Å². The summed E-state index contributed by atoms with van der Waals surface area (Å²) in [5.41, 5.74) is 2.49. The highest BCUT2D eigenvalue weighted by atomic mass is 35.5. The van der Waals surface area contributed by atoms with Crippen LogP contribution in [-0.2, 0) is 11.3 Å². The van der Waals surface area contributed by atoms with E-state index in [-0.39, 0.29) is 23.7 Å². The highest BCUT2D eigenvalue weighted by Gasteiger charge is 2.40. The molecule has 1 aromatic heterocycles. The maximum atomic E-state index is 13.2. The van der Waals surface area contributed by atoms with Crippen LogP contribution in [0.25, 0.3) is 0 Å². The fourth-order valence-corrected chi connectivity index (χ4v) is 4.24. The molecule has 0 saturated carbocycles. The number of aromatic nitrogens is 1. The number of amides is 2. The van der Waals surface area contributed by atoms with Gasteiger partial charge in [-0.3, -0.25) is 14.6 Å². The normalized spacial score (nSPS) is 17.8. The van der Waals surface area contributed by atoms with Crippen molar-refractivity contribution in [2.24, 2.45) is 5.92 Å². The first-order valence-electron chi connectivity index (χ1n) is 10.4. The second kappa shape index (κ2) is 9.83. The van der Waals surface area contributed by atoms with Gasteiger partial charge in [-0.15, -0.1) is 0 Å². The first-order valence-corrected chi connectivity index (χ1v) is 10.8. The van der Waals surface area contributed by atoms with Crippen molar-refractivity contribution in [2.75, 3.05) is 20.2 Å². The van der Waals surface area contributed by atoms with Gasteiger partial charge >= 0.3 is 0 Å². The van der Waals surface area contributed by atoms with Crippen LogP contribution in [0.5, 0.6) is 5.75 Å². The van der Waals surface area contributed by atoms with Crippen LogP contribution >= 0.6 is 11.6 Å². The number of pyridine rings is 1. The number of benzene rings is 2. The molecule has 1 fully saturated rings. The van der Waals surface area contributed by atoms with Gasteiger partial charge in [0.05, 0.1) is 13.0 Å². The lowest BCUT2D eigenvalue weighted by molar-refractivity contribution is -0.125. The summed E-state index contributed by atoms with van der Waals surface area (Å²) in [6.07, 6.45) is 3.39. The standard InChI is InChI=1S/C25H24ClN3O3/c1-32-21-7-5-18(6-8-21)22-15-29(25(31)19-3-2-4-20(26)13-19)16-23(22)24(30)28-14-17-9-11-27-12-10-17/h2-13,22-23H,14-16H2,1H3,(H,28,30). The third-order valence-corrected chi connectivity index (χ3v) is 6.01. The van der Waals surface area contributed by atoms with Crippen LogP contribution in [0.4, 0.5) is 0 Å². The van der Waals surface area contributed by atoms with Crippen LogP contribution in [0.3, 0.4) is 0 Å². The van der Waals surface area contributed by atoms with E-state index in [4.69, 9.17) is 16.3 Å². The molecule has 6 nitrogen and oxygen atoms in total. The zero-order valence-electron chi connectivity index (χ0n) is 17.7. The number of carbonyl (C=O) groups excluding carboxylic acids is 2. The molecular weight excluding hydrogens is 426 g/mol. The van der Waals surface area contributed by atoms with Crippen molar-refractivity contribution in [3.63, 3.8) is 0 Å². The topological polar surface area (TPSA) is 71.5 Å². The summed E-state index contributed by atoms with van der Waals surface area (Å²) >= 11 is 6.08. The van der Waals surface area contributed by atoms with Crippen molar-refractivity contribution in [1.29, 1.82) is 0 Å². The Hall–Kier alpha value is -3.38. The third-order valence-electron chi connectivity index (χ3n) is 5.78. The summed E-state index contributed by atoms with van der Waals surface area (Å²) in [5, 5.41) is 3.53. The Morgan fingerprint density at radius 1 is 1.09 bits per heavy atom. The second-order valence-corrected chi connectivity index (χ2v) is 8.22. The lowest BCUT2D eigenvalue weighted by Gasteiger charge is -2.18. The maximum Gasteiger partial charge on any atom is 0.253 e. The second-order valence-electron chi connectivity index (χ2n) is 7.78. The first kappa shape index (κ1) is 21.8. The molecule has 1 aliphatic rings. The van der Waals surface area contributed by atoms with E-state index in [0.29, 0.717) is 30.2 Å². The minimum Gasteiger partial charge on any atom is -0.497 e. The molecule has 1 saturated heterocycles. The average molecular weight is 450 g/mol. The van der Waals surface area contributed by atoms with Crippen molar-refractivity contribution in [3.8, 4) is 5.75 Å². The van der Waals surface area contributed by atoms with Crippen molar-refractivity contribution >= 4 is 23.4 Å². The van der Waals surface area contributed by atoms with Gasteiger partial charge in [-0.1, -0.05) is 29.8 Å². The third kappa shape index (κ3) is 4.92. The number of nitrogens with one attached hydrogen (secondary N) is 1. The van der Waals surface area contributed by atoms with Crippen LogP contribution < -0.4 is 10.1 Å². The van der Waals surface area contributed by atoms with Crippen LogP contribution in [0.1, 0.15) is 27.4 Å². The fraction of sp³-hybridized carbons (Fsp3) is 0.240. The summed E-state index contributed by atoms with van der Waals surface area (Å²) in [6, 6.07) is 18.3. The van der Waals surface area contributed by atoms with E-state index in [2.05, 4.69) is 10.3 Å². The van der Waals surface area contributed by atoms with Gasteiger partial charge in [-0.05, 0) is 53.6 Å². The van der Waals surface area contributed by atoms with Crippen molar-refractivity contribution in [1.82, 2.24) is 15.2 Å². The van der Waals surface area contributed by atoms with Gasteiger partial charge in [0, 0.05) is 48.5 Å². The molecule has 2 atom stereocenters. The molecule has 2 amide bonds. The van der Waals surface area contributed by atoms with E-state index in [1.54, 1.807) is 48.7 Å². The number of nitrogens with zero attached hydrogens (tertiary/aromatic N) is 2. The van der Waals surface area contributed by atoms with E-state index in [1.165, 1.54) is 0 Å². The summed E-state index contributed by atoms with van der Waals surface area (Å²) in [4.78, 5) is 32.0. The molecule has 3 aromatic rings. The largest absolute Gasteiger partial charge is 0.497 e. The van der Waals surface area contributed by atoms with E-state index in [1.807, 2.05) is 36.4 Å². The molecule has 4 rings (SSSR count). The highest BCUT2D eigenvalue weighted by molar-refractivity contribution is 6.30. The summed E-state index contributed by atoms with van der Waals surface area (Å²) in [6.45, 7) is 1.20. The highest BCUT2D eigenvalue weighted by Crippen LogP contribution is 2.34. The van der Waals surface area contributed by atoms with Gasteiger partial charge < -0.3 is 15.0 Å². The zero-order chi connectivity index (χ0) is 22.5. The molecule has 2 aromatic carbocycles. The number of halogens is 1. The molecule has 0 radical (unpaired) electrons. The van der Waals surface area contributed by atoms with Gasteiger partial charge in [-0.25, -0.2) is 0 Å². The molecule has 0 aliphatic carbocycles. The predicted octanol–water partition coefficient (Wildman–Crippen LogP) is 3.92. The quantitative estimate of drug-likeness (QED) is 0.619. The molecule has 164 valence electrons. The molecule has 0 spiro atoms. The number of ether oxygens (including phenoxy) is 1. The molecule has 0 bridgehead atoms. The number of rotatable bonds is 6. The lowest BCUT2D eigenvalue weighted by Crippen LogP contribution is -2.35. The number of hydrogen-bond acceptors (Lipinski definition) is 4. The summed E-state index contributed by atoms with van der Waals surface area (Å²) < 4.78 is 5.26. The first-order chi connectivity index (χ1) is 15.5. The van der Waals surface area contributed by atoms with Gasteiger partial charge in [0.1, 0.15) is 5.75 Å². The molecule has 32 heavy (non-hydrogen) atoms. The average Bonchev–Trinajstić information content (AvgIpc) is 3.28. The predicted molar refractivity (Wildman–Crippen MR) is 123 cm³/mol. The minimum atomic E-state index is -0.367. The van der Waals surface area contributed by atoms with E-state index in [0.717, 1.165) is 16.9 Å². The van der Waals surface area contributed by atoms with Crippen LogP contribution in [0.15, 0.2) is 73.1 Å². The van der Waals surface area contributed by atoms with Crippen molar-refractivity contribution < 1.29 is 14.3 Å². The molecular formula is C25H24ClN3O3. The Morgan fingerprint density at radius 3 is 2.53 bits per heavy atom. The Bertz CT molecular complexity index is 1090. The molecule has 1 N–H and O–H groups in total. The Morgan fingerprint density at radius 2 is 1.84 bits per heavy atom. The Labute approximate surface area is 192 Å². The monoisotopic (exact) mass is 449 g/mol. The van der Waals surface area contributed by atoms with E-state index >= 15 is 0 Å². The SMILES string of the molecule is COc1ccc(C2CN(C(=O)c3cccc(Cl)c3)CC2C(=O)NCc2ccncc2)cc1. The number of methoxy groups -OCH3 is 1. The molecule has 2 unspecified atom stereocenters. The Kier molecular flexibility index (Phi) is 6.71. The van der Waals surface area contributed by atoms with E-state index in [9.17, 15) is 9.59 Å². The van der Waals surface area contributed by atoms with Crippen LogP contribution in [0, 0.1) is 5.92 Å². The van der Waals surface area contributed by atoms with E-state index < -0.39 is 0 Å². The summed E-state index contributed by atoms with van der Waals surface area (Å²) in [7, 11) is 1.62. The smallest absolute Gasteiger partial charge is 0.253 e. The van der Waals surface area contributed by atoms with Crippen molar-refractivity contribution in [2.45, 2.75) is 12.5 Å². The maximum absolute atomic E-state index is 13.2. The lowest BCUT2D eigenvalue weighted by atomic mass is 9.88. The minimum absolute atomic E-state index is 0.0796. The van der Waals surface area contributed by atoms with Crippen LogP contribution in [0.2, 0.25) is 5.02 Å². The molecule has 2 heterocycles.